The third-order valence-electron chi connectivity index (χ3n) is 6.51. The van der Waals surface area contributed by atoms with Crippen LogP contribution in [0.5, 0.6) is 0 Å². The van der Waals surface area contributed by atoms with Gasteiger partial charge >= 0.3 is 0 Å². The van der Waals surface area contributed by atoms with E-state index in [4.69, 9.17) is 4.43 Å². The Morgan fingerprint density at radius 2 is 1.85 bits per heavy atom. The predicted octanol–water partition coefficient (Wildman–Crippen LogP) is 6.34. The number of hydrogen-bond donors (Lipinski definition) is 1. The molecule has 1 N–H and O–H groups in total. The minimum absolute atomic E-state index is 0.193. The van der Waals surface area contributed by atoms with E-state index in [2.05, 4.69) is 52.1 Å². The zero-order valence-corrected chi connectivity index (χ0v) is 21.2. The topological polar surface area (TPSA) is 38.3 Å². The van der Waals surface area contributed by atoms with E-state index in [0.29, 0.717) is 5.92 Å². The number of nitrogens with one attached hydrogen (secondary N) is 1. The average Bonchev–Trinajstić information content (AvgIpc) is 2.51. The molecule has 3 nitrogen and oxygen atoms in total. The fourth-order valence-corrected chi connectivity index (χ4v) is 6.01. The lowest BCUT2D eigenvalue weighted by atomic mass is 9.69. The summed E-state index contributed by atoms with van der Waals surface area (Å²) in [4.78, 5) is 0. The second kappa shape index (κ2) is 9.23. The van der Waals surface area contributed by atoms with Crippen LogP contribution < -0.4 is 4.72 Å². The molecule has 0 amide bonds. The smallest absolute Gasteiger partial charge is 0.192 e. The van der Waals surface area contributed by atoms with Gasteiger partial charge in [-0.1, -0.05) is 46.6 Å². The Hall–Kier alpha value is 0.0269. The summed E-state index contributed by atoms with van der Waals surface area (Å²) >= 11 is 0. The molecule has 0 aromatic carbocycles. The Morgan fingerprint density at radius 3 is 2.30 bits per heavy atom. The molecule has 1 fully saturated rings. The van der Waals surface area contributed by atoms with E-state index < -0.39 is 19.3 Å². The first-order chi connectivity index (χ1) is 12.2. The van der Waals surface area contributed by atoms with Gasteiger partial charge in [-0.25, -0.2) is 8.93 Å². The molecule has 1 rings (SSSR count). The van der Waals surface area contributed by atoms with Gasteiger partial charge in [0.2, 0.25) is 0 Å². The van der Waals surface area contributed by atoms with Crippen LogP contribution in [0.3, 0.4) is 0 Å². The molecule has 4 atom stereocenters. The monoisotopic (exact) mass is 415 g/mol. The number of rotatable bonds is 8. The van der Waals surface area contributed by atoms with E-state index in [1.165, 1.54) is 12.8 Å². The summed E-state index contributed by atoms with van der Waals surface area (Å²) in [7, 11) is -2.98. The Kier molecular flexibility index (Phi) is 8.57. The zero-order chi connectivity index (χ0) is 21.1. The summed E-state index contributed by atoms with van der Waals surface area (Å²) in [5.41, 5.74) is -0.307. The first kappa shape index (κ1) is 25.1. The zero-order valence-electron chi connectivity index (χ0n) is 19.4. The molecule has 0 bridgehead atoms. The van der Waals surface area contributed by atoms with Crippen LogP contribution in [0.1, 0.15) is 87.0 Å². The van der Waals surface area contributed by atoms with Crippen LogP contribution in [0.2, 0.25) is 18.1 Å². The van der Waals surface area contributed by atoms with Crippen molar-refractivity contribution in [1.82, 2.24) is 4.72 Å². The van der Waals surface area contributed by atoms with Gasteiger partial charge in [-0.2, -0.15) is 0 Å². The summed E-state index contributed by atoms with van der Waals surface area (Å²) in [6, 6.07) is 0. The van der Waals surface area contributed by atoms with Crippen molar-refractivity contribution in [1.29, 1.82) is 0 Å². The highest BCUT2D eigenvalue weighted by atomic mass is 32.2. The fourth-order valence-electron chi connectivity index (χ4n) is 3.63. The normalized spacial score (nSPS) is 28.8. The molecule has 0 unspecified atom stereocenters. The fraction of sp³-hybridized carbons (Fsp3) is 0.909. The van der Waals surface area contributed by atoms with Crippen LogP contribution in [-0.4, -0.2) is 28.9 Å². The lowest BCUT2D eigenvalue weighted by Crippen LogP contribution is -2.60. The summed E-state index contributed by atoms with van der Waals surface area (Å²) in [6.07, 6.45) is 8.86. The molecule has 0 aliphatic heterocycles. The lowest BCUT2D eigenvalue weighted by molar-refractivity contribution is 0.0316. The van der Waals surface area contributed by atoms with Gasteiger partial charge in [0.25, 0.3) is 0 Å². The van der Waals surface area contributed by atoms with Crippen LogP contribution in [-0.2, 0) is 15.4 Å². The summed E-state index contributed by atoms with van der Waals surface area (Å²) < 4.78 is 23.1. The third kappa shape index (κ3) is 6.25. The van der Waals surface area contributed by atoms with E-state index in [0.717, 1.165) is 25.7 Å². The summed E-state index contributed by atoms with van der Waals surface area (Å²) in [6.45, 7) is 24.1. The van der Waals surface area contributed by atoms with Crippen LogP contribution in [0, 0.1) is 5.92 Å². The van der Waals surface area contributed by atoms with E-state index in [1.807, 2.05) is 26.8 Å². The third-order valence-corrected chi connectivity index (χ3v) is 12.7. The maximum atomic E-state index is 13.0. The molecular formula is C22H45NO2SSi. The van der Waals surface area contributed by atoms with Gasteiger partial charge in [-0.15, -0.1) is 6.58 Å². The van der Waals surface area contributed by atoms with Crippen LogP contribution in [0.25, 0.3) is 0 Å². The Balaban J connectivity index is 3.21. The van der Waals surface area contributed by atoms with Crippen LogP contribution in [0.15, 0.2) is 12.7 Å². The molecule has 1 aliphatic carbocycles. The molecule has 1 aliphatic rings. The molecule has 160 valence electrons. The van der Waals surface area contributed by atoms with Crippen LogP contribution in [0.4, 0.5) is 0 Å². The predicted molar refractivity (Wildman–Crippen MR) is 123 cm³/mol. The Labute approximate surface area is 172 Å². The molecule has 5 heteroatoms. The van der Waals surface area contributed by atoms with Crippen molar-refractivity contribution in [3.8, 4) is 0 Å². The van der Waals surface area contributed by atoms with Crippen molar-refractivity contribution in [3.05, 3.63) is 12.7 Å². The Bertz CT molecular complexity index is 521. The van der Waals surface area contributed by atoms with Crippen molar-refractivity contribution < 1.29 is 8.63 Å². The maximum Gasteiger partial charge on any atom is 0.192 e. The SMILES string of the molecule is C=C[C@]1(N[S@](=O)C(C)(C)C)CCC[C@H](O[Si](C)(C)C(C)(C)C)[C@H]1CCCC. The largest absolute Gasteiger partial charge is 0.414 e. The van der Waals surface area contributed by atoms with Crippen molar-refractivity contribution >= 4 is 19.3 Å². The molecule has 0 radical (unpaired) electrons. The van der Waals surface area contributed by atoms with Gasteiger partial charge in [-0.3, -0.25) is 0 Å². The molecule has 0 heterocycles. The van der Waals surface area contributed by atoms with Gasteiger partial charge in [0.05, 0.1) is 21.3 Å². The van der Waals surface area contributed by atoms with Gasteiger partial charge in [0.1, 0.15) is 0 Å². The van der Waals surface area contributed by atoms with Gasteiger partial charge < -0.3 is 4.43 Å². The highest BCUT2D eigenvalue weighted by Gasteiger charge is 2.49. The minimum atomic E-state index is -1.86. The van der Waals surface area contributed by atoms with E-state index in [1.54, 1.807) is 0 Å². The van der Waals surface area contributed by atoms with Gasteiger partial charge in [-0.05, 0) is 64.6 Å². The Morgan fingerprint density at radius 1 is 1.26 bits per heavy atom. The van der Waals surface area contributed by atoms with Crippen molar-refractivity contribution in [2.45, 2.75) is 122 Å². The minimum Gasteiger partial charge on any atom is -0.414 e. The maximum absolute atomic E-state index is 13.0. The van der Waals surface area contributed by atoms with Gasteiger partial charge in [0, 0.05) is 12.0 Å². The summed E-state index contributed by atoms with van der Waals surface area (Å²) in [5, 5.41) is 0.193. The van der Waals surface area contributed by atoms with E-state index in [9.17, 15) is 4.21 Å². The molecule has 1 saturated carbocycles. The molecule has 0 aromatic heterocycles. The highest BCUT2D eigenvalue weighted by Crippen LogP contribution is 2.45. The standard InChI is InChI=1S/C22H45NO2SSi/c1-11-13-15-18-19(25-27(9,10)21(6,7)8)16-14-17-22(18,12-2)23-26(24)20(3,4)5/h12,18-19,23H,2,11,13-17H2,1,3-10H3/t18-,19+,22+,26-/m1/s1. The van der Waals surface area contributed by atoms with Crippen molar-refractivity contribution in [3.63, 3.8) is 0 Å². The first-order valence-electron chi connectivity index (χ1n) is 10.7. The van der Waals surface area contributed by atoms with Crippen molar-refractivity contribution in [2.75, 3.05) is 0 Å². The number of hydrogen-bond acceptors (Lipinski definition) is 2. The van der Waals surface area contributed by atoms with E-state index in [-0.39, 0.29) is 21.4 Å². The quantitative estimate of drug-likeness (QED) is 0.371. The number of unbranched alkanes of at least 4 members (excludes halogenated alkanes) is 1. The highest BCUT2D eigenvalue weighted by molar-refractivity contribution is 7.84. The molecule has 27 heavy (non-hydrogen) atoms. The average molecular weight is 416 g/mol. The first-order valence-corrected chi connectivity index (χ1v) is 14.8. The van der Waals surface area contributed by atoms with Gasteiger partial charge in [0.15, 0.2) is 8.32 Å². The second-order valence-electron chi connectivity index (χ2n) is 10.8. The molecule has 0 spiro atoms. The molecule has 0 aromatic rings. The molecular weight excluding hydrogens is 370 g/mol. The van der Waals surface area contributed by atoms with Crippen molar-refractivity contribution in [2.24, 2.45) is 5.92 Å². The van der Waals surface area contributed by atoms with Crippen LogP contribution >= 0.6 is 0 Å². The summed E-state index contributed by atoms with van der Waals surface area (Å²) in [5.74, 6) is 0.323. The molecule has 0 saturated heterocycles. The van der Waals surface area contributed by atoms with E-state index >= 15 is 0 Å². The lowest BCUT2D eigenvalue weighted by Gasteiger charge is -2.50. The second-order valence-corrected chi connectivity index (χ2v) is 17.5.